The molecule has 0 aliphatic heterocycles. The Labute approximate surface area is 206 Å². The van der Waals surface area contributed by atoms with Crippen molar-refractivity contribution in [2.24, 2.45) is 22.2 Å². The molecule has 3 atom stereocenters. The lowest BCUT2D eigenvalue weighted by atomic mass is 10.0. The van der Waals surface area contributed by atoms with E-state index in [0.717, 1.165) is 16.5 Å². The molecule has 3 aromatic rings. The molecule has 0 saturated heterocycles. The number of nitrogens with one attached hydrogen (secondary N) is 4. The number of imidazole rings is 1. The Bertz CT molecular complexity index is 1200. The topological polar surface area (TPSA) is 230 Å². The Morgan fingerprint density at radius 2 is 1.81 bits per heavy atom. The fraction of sp³-hybridized carbons (Fsp3) is 0.348. The van der Waals surface area contributed by atoms with Crippen LogP contribution in [0.3, 0.4) is 0 Å². The van der Waals surface area contributed by atoms with E-state index in [2.05, 4.69) is 30.6 Å². The first-order chi connectivity index (χ1) is 17.2. The van der Waals surface area contributed by atoms with Crippen LogP contribution in [0.15, 0.2) is 48.0 Å². The maximum atomic E-state index is 13.1. The lowest BCUT2D eigenvalue weighted by molar-refractivity contribution is -0.142. The van der Waals surface area contributed by atoms with Crippen LogP contribution in [0, 0.1) is 0 Å². The van der Waals surface area contributed by atoms with E-state index in [1.165, 1.54) is 6.33 Å². The number of fused-ring (bicyclic) bond motifs is 1. The molecule has 0 unspecified atom stereocenters. The van der Waals surface area contributed by atoms with E-state index in [4.69, 9.17) is 17.2 Å². The zero-order valence-corrected chi connectivity index (χ0v) is 19.6. The van der Waals surface area contributed by atoms with Crippen LogP contribution in [0.2, 0.25) is 0 Å². The van der Waals surface area contributed by atoms with Gasteiger partial charge in [-0.15, -0.1) is 0 Å². The molecule has 0 bridgehead atoms. The molecule has 0 aliphatic carbocycles. The zero-order valence-electron chi connectivity index (χ0n) is 19.6. The number of rotatable bonds is 13. The van der Waals surface area contributed by atoms with Crippen molar-refractivity contribution >= 4 is 34.6 Å². The third-order valence-corrected chi connectivity index (χ3v) is 5.62. The van der Waals surface area contributed by atoms with Gasteiger partial charge in [0, 0.05) is 48.4 Å². The summed E-state index contributed by atoms with van der Waals surface area (Å²) in [7, 11) is 0. The molecule has 192 valence electrons. The third kappa shape index (κ3) is 7.30. The predicted molar refractivity (Wildman–Crippen MR) is 134 cm³/mol. The number of aromatic nitrogens is 3. The molecule has 13 nitrogen and oxygen atoms in total. The summed E-state index contributed by atoms with van der Waals surface area (Å²) in [6.45, 7) is 0.236. The van der Waals surface area contributed by atoms with Gasteiger partial charge < -0.3 is 42.9 Å². The smallest absolute Gasteiger partial charge is 0.326 e. The van der Waals surface area contributed by atoms with Gasteiger partial charge >= 0.3 is 5.97 Å². The first-order valence-corrected chi connectivity index (χ1v) is 11.4. The number of benzene rings is 1. The number of aromatic amines is 2. The van der Waals surface area contributed by atoms with Gasteiger partial charge in [0.1, 0.15) is 12.1 Å². The Kier molecular flexibility index (Phi) is 9.00. The summed E-state index contributed by atoms with van der Waals surface area (Å²) in [5.74, 6) is -2.49. The van der Waals surface area contributed by atoms with Crippen molar-refractivity contribution in [2.45, 2.75) is 43.8 Å². The van der Waals surface area contributed by atoms with Crippen LogP contribution in [-0.4, -0.2) is 68.5 Å². The summed E-state index contributed by atoms with van der Waals surface area (Å²) in [6, 6.07) is 4.27. The Balaban J connectivity index is 1.69. The fourth-order valence-electron chi connectivity index (χ4n) is 3.77. The normalized spacial score (nSPS) is 13.5. The molecule has 0 saturated carbocycles. The first-order valence-electron chi connectivity index (χ1n) is 11.4. The predicted octanol–water partition coefficient (Wildman–Crippen LogP) is -0.889. The molecule has 0 spiro atoms. The fourth-order valence-corrected chi connectivity index (χ4v) is 3.77. The Morgan fingerprint density at radius 1 is 1.06 bits per heavy atom. The molecule has 36 heavy (non-hydrogen) atoms. The average Bonchev–Trinajstić information content (AvgIpc) is 3.50. The van der Waals surface area contributed by atoms with Crippen molar-refractivity contribution in [3.8, 4) is 0 Å². The average molecular weight is 498 g/mol. The van der Waals surface area contributed by atoms with Crippen LogP contribution in [0.1, 0.15) is 24.1 Å². The summed E-state index contributed by atoms with van der Waals surface area (Å²) in [5, 5.41) is 15.8. The highest BCUT2D eigenvalue weighted by Gasteiger charge is 2.28. The SMILES string of the molecule is NC(N)=NCCC[C@H](NC(=O)[C@@H](N)Cc1cnc[nH]1)C(=O)N[C@@H](Cc1c[nH]c2ccccc12)C(=O)O. The molecule has 1 aromatic carbocycles. The maximum absolute atomic E-state index is 13.1. The zero-order chi connectivity index (χ0) is 26.1. The number of amides is 2. The summed E-state index contributed by atoms with van der Waals surface area (Å²) in [5.41, 5.74) is 19.0. The Morgan fingerprint density at radius 3 is 2.50 bits per heavy atom. The maximum Gasteiger partial charge on any atom is 0.326 e. The van der Waals surface area contributed by atoms with E-state index < -0.39 is 35.9 Å². The van der Waals surface area contributed by atoms with Gasteiger partial charge in [-0.3, -0.25) is 14.6 Å². The van der Waals surface area contributed by atoms with Crippen LogP contribution in [0.4, 0.5) is 0 Å². The molecule has 3 rings (SSSR count). The van der Waals surface area contributed by atoms with Gasteiger partial charge in [-0.1, -0.05) is 18.2 Å². The summed E-state index contributed by atoms with van der Waals surface area (Å²) >= 11 is 0. The highest BCUT2D eigenvalue weighted by Crippen LogP contribution is 2.19. The van der Waals surface area contributed by atoms with Gasteiger partial charge in [-0.25, -0.2) is 9.78 Å². The summed E-state index contributed by atoms with van der Waals surface area (Å²) < 4.78 is 0. The number of nitrogens with two attached hydrogens (primary N) is 3. The first kappa shape index (κ1) is 26.2. The molecule has 2 aromatic heterocycles. The number of carboxylic acid groups (broad SMARTS) is 1. The number of carbonyl (C=O) groups excluding carboxylic acids is 2. The molecular weight excluding hydrogens is 466 g/mol. The van der Waals surface area contributed by atoms with E-state index in [0.29, 0.717) is 12.1 Å². The quantitative estimate of drug-likeness (QED) is 0.0836. The van der Waals surface area contributed by atoms with Crippen molar-refractivity contribution in [1.82, 2.24) is 25.6 Å². The molecule has 2 heterocycles. The molecule has 0 fully saturated rings. The second-order valence-corrected chi connectivity index (χ2v) is 8.36. The van der Waals surface area contributed by atoms with Crippen molar-refractivity contribution in [2.75, 3.05) is 6.54 Å². The summed E-state index contributed by atoms with van der Waals surface area (Å²) in [6.07, 6.45) is 5.52. The number of guanidine groups is 1. The molecule has 0 radical (unpaired) electrons. The highest BCUT2D eigenvalue weighted by atomic mass is 16.4. The van der Waals surface area contributed by atoms with Crippen molar-refractivity contribution in [1.29, 1.82) is 0 Å². The number of aliphatic carboxylic acids is 1. The van der Waals surface area contributed by atoms with Crippen LogP contribution in [0.25, 0.3) is 10.9 Å². The van der Waals surface area contributed by atoms with Gasteiger partial charge in [0.15, 0.2) is 5.96 Å². The molecule has 11 N–H and O–H groups in total. The standard InChI is InChI=1S/C23H31N9O4/c24-16(9-14-11-27-12-30-14)20(33)31-18(6-3-7-28-23(25)26)21(34)32-19(22(35)36)8-13-10-29-17-5-2-1-4-15(13)17/h1-2,4-5,10-12,16,18-19,29H,3,6-9,24H2,(H,27,30)(H,31,33)(H,32,34)(H,35,36)(H4,25,26,28)/t16-,18-,19-/m0/s1. The second-order valence-electron chi connectivity index (χ2n) is 8.36. The molecular formula is C23H31N9O4. The number of carbonyl (C=O) groups is 3. The van der Waals surface area contributed by atoms with Crippen molar-refractivity contribution < 1.29 is 19.5 Å². The number of hydrogen-bond donors (Lipinski definition) is 8. The third-order valence-electron chi connectivity index (χ3n) is 5.62. The van der Waals surface area contributed by atoms with Crippen LogP contribution in [-0.2, 0) is 27.2 Å². The second kappa shape index (κ2) is 12.4. The van der Waals surface area contributed by atoms with E-state index in [9.17, 15) is 19.5 Å². The monoisotopic (exact) mass is 497 g/mol. The number of hydrogen-bond acceptors (Lipinski definition) is 6. The van der Waals surface area contributed by atoms with Crippen molar-refractivity contribution in [3.05, 3.63) is 54.2 Å². The molecule has 13 heteroatoms. The van der Waals surface area contributed by atoms with Crippen LogP contribution >= 0.6 is 0 Å². The van der Waals surface area contributed by atoms with E-state index in [-0.39, 0.29) is 31.8 Å². The van der Waals surface area contributed by atoms with Gasteiger partial charge in [0.25, 0.3) is 0 Å². The van der Waals surface area contributed by atoms with Gasteiger partial charge in [0.05, 0.1) is 12.4 Å². The van der Waals surface area contributed by atoms with E-state index >= 15 is 0 Å². The molecule has 0 aliphatic rings. The Hall–Kier alpha value is -4.39. The van der Waals surface area contributed by atoms with Gasteiger partial charge in [-0.2, -0.15) is 0 Å². The largest absolute Gasteiger partial charge is 0.480 e. The molecule has 2 amide bonds. The summed E-state index contributed by atoms with van der Waals surface area (Å²) in [4.78, 5) is 51.5. The van der Waals surface area contributed by atoms with E-state index in [1.54, 1.807) is 12.4 Å². The number of aliphatic imine (C=N–C) groups is 1. The number of para-hydroxylation sites is 1. The van der Waals surface area contributed by atoms with Crippen LogP contribution in [0.5, 0.6) is 0 Å². The number of H-pyrrole nitrogens is 2. The minimum atomic E-state index is -1.22. The minimum absolute atomic E-state index is 0.0547. The van der Waals surface area contributed by atoms with Crippen molar-refractivity contribution in [3.63, 3.8) is 0 Å². The van der Waals surface area contributed by atoms with Gasteiger partial charge in [-0.05, 0) is 24.5 Å². The lowest BCUT2D eigenvalue weighted by Crippen LogP contribution is -2.55. The van der Waals surface area contributed by atoms with Crippen LogP contribution < -0.4 is 27.8 Å². The minimum Gasteiger partial charge on any atom is -0.480 e. The number of nitrogens with zero attached hydrogens (tertiary/aromatic N) is 2. The lowest BCUT2D eigenvalue weighted by Gasteiger charge is -2.23. The van der Waals surface area contributed by atoms with Gasteiger partial charge in [0.2, 0.25) is 11.8 Å². The number of carboxylic acids is 1. The highest BCUT2D eigenvalue weighted by molar-refractivity contribution is 5.92. The van der Waals surface area contributed by atoms with E-state index in [1.807, 2.05) is 24.3 Å².